The zero-order valence-electron chi connectivity index (χ0n) is 14.5. The average molecular weight is 388 g/mol. The second-order valence-corrected chi connectivity index (χ2v) is 8.08. The van der Waals surface area contributed by atoms with Crippen LogP contribution in [0.5, 0.6) is 0 Å². The predicted octanol–water partition coefficient (Wildman–Crippen LogP) is 4.88. The largest absolute Gasteiger partial charge is 0.356 e. The van der Waals surface area contributed by atoms with Crippen LogP contribution in [0.3, 0.4) is 0 Å². The fourth-order valence-corrected chi connectivity index (χ4v) is 3.99. The monoisotopic (exact) mass is 387 g/mol. The summed E-state index contributed by atoms with van der Waals surface area (Å²) in [4.78, 5) is 12.4. The van der Waals surface area contributed by atoms with Crippen LogP contribution in [0, 0.1) is 19.7 Å². The smallest absolute Gasteiger partial charge is 0.206 e. The van der Waals surface area contributed by atoms with Crippen LogP contribution in [-0.2, 0) is 6.54 Å². The van der Waals surface area contributed by atoms with Gasteiger partial charge >= 0.3 is 0 Å². The van der Waals surface area contributed by atoms with Gasteiger partial charge in [-0.05, 0) is 43.2 Å². The number of rotatable bonds is 7. The van der Waals surface area contributed by atoms with E-state index in [0.717, 1.165) is 26.6 Å². The molecule has 0 spiro atoms. The van der Waals surface area contributed by atoms with E-state index in [1.54, 1.807) is 12.1 Å². The van der Waals surface area contributed by atoms with Crippen molar-refractivity contribution in [1.82, 2.24) is 10.2 Å². The Kier molecular flexibility index (Phi) is 6.00. The van der Waals surface area contributed by atoms with Crippen molar-refractivity contribution in [3.05, 3.63) is 70.5 Å². The van der Waals surface area contributed by atoms with Crippen molar-refractivity contribution in [2.24, 2.45) is 0 Å². The van der Waals surface area contributed by atoms with Gasteiger partial charge in [0.15, 0.2) is 10.1 Å². The van der Waals surface area contributed by atoms with Gasteiger partial charge in [-0.1, -0.05) is 52.9 Å². The molecule has 0 aliphatic heterocycles. The molecule has 7 heteroatoms. The lowest BCUT2D eigenvalue weighted by molar-refractivity contribution is 0.102. The van der Waals surface area contributed by atoms with Gasteiger partial charge in [0.25, 0.3) is 0 Å². The maximum atomic E-state index is 12.9. The normalized spacial score (nSPS) is 10.7. The number of hydrogen-bond acceptors (Lipinski definition) is 6. The number of Topliss-reactive ketones (excluding diaryl/α,β-unsaturated/α-hetero) is 1. The highest BCUT2D eigenvalue weighted by molar-refractivity contribution is 8.01. The van der Waals surface area contributed by atoms with E-state index in [0.29, 0.717) is 17.4 Å². The standard InChI is InChI=1S/C19H18FN3OS2/c1-12-3-4-13(2)16(9-12)17(24)11-25-19-23-22-18(26-19)21-10-14-5-7-15(20)8-6-14/h3-9H,10-11H2,1-2H3,(H,21,22). The van der Waals surface area contributed by atoms with E-state index in [9.17, 15) is 9.18 Å². The maximum absolute atomic E-state index is 12.9. The molecule has 0 aliphatic rings. The van der Waals surface area contributed by atoms with Gasteiger partial charge in [0.1, 0.15) is 5.82 Å². The second kappa shape index (κ2) is 8.42. The molecule has 0 saturated heterocycles. The van der Waals surface area contributed by atoms with Crippen LogP contribution in [0.25, 0.3) is 0 Å². The highest BCUT2D eigenvalue weighted by Gasteiger charge is 2.12. The van der Waals surface area contributed by atoms with Gasteiger partial charge in [-0.2, -0.15) is 0 Å². The summed E-state index contributed by atoms with van der Waals surface area (Å²) in [6, 6.07) is 12.2. The Labute approximate surface area is 159 Å². The molecular formula is C19H18FN3OS2. The van der Waals surface area contributed by atoms with Crippen molar-refractivity contribution in [1.29, 1.82) is 0 Å². The molecule has 1 heterocycles. The van der Waals surface area contributed by atoms with E-state index in [1.165, 1.54) is 35.2 Å². The van der Waals surface area contributed by atoms with Crippen LogP contribution in [0.1, 0.15) is 27.0 Å². The van der Waals surface area contributed by atoms with Crippen LogP contribution in [0.4, 0.5) is 9.52 Å². The Balaban J connectivity index is 1.54. The van der Waals surface area contributed by atoms with Crippen molar-refractivity contribution in [2.75, 3.05) is 11.1 Å². The molecule has 26 heavy (non-hydrogen) atoms. The molecule has 0 atom stereocenters. The Morgan fingerprint density at radius 3 is 2.69 bits per heavy atom. The summed E-state index contributed by atoms with van der Waals surface area (Å²) in [5.41, 5.74) is 3.78. The summed E-state index contributed by atoms with van der Waals surface area (Å²) in [6.07, 6.45) is 0. The number of hydrogen-bond donors (Lipinski definition) is 1. The highest BCUT2D eigenvalue weighted by atomic mass is 32.2. The topological polar surface area (TPSA) is 54.9 Å². The molecule has 0 saturated carbocycles. The maximum Gasteiger partial charge on any atom is 0.206 e. The zero-order valence-corrected chi connectivity index (χ0v) is 16.1. The molecule has 2 aromatic carbocycles. The number of carbonyl (C=O) groups is 1. The van der Waals surface area contributed by atoms with Gasteiger partial charge in [0.2, 0.25) is 5.13 Å². The average Bonchev–Trinajstić information content (AvgIpc) is 3.09. The quantitative estimate of drug-likeness (QED) is 0.462. The molecule has 3 aromatic rings. The van der Waals surface area contributed by atoms with Crippen LogP contribution < -0.4 is 5.32 Å². The van der Waals surface area contributed by atoms with Crippen molar-refractivity contribution < 1.29 is 9.18 Å². The first-order valence-corrected chi connectivity index (χ1v) is 9.86. The Morgan fingerprint density at radius 2 is 1.92 bits per heavy atom. The fourth-order valence-electron chi connectivity index (χ4n) is 2.36. The third-order valence-corrected chi connectivity index (χ3v) is 5.80. The second-order valence-electron chi connectivity index (χ2n) is 5.88. The lowest BCUT2D eigenvalue weighted by atomic mass is 10.0. The van der Waals surface area contributed by atoms with E-state index in [1.807, 2.05) is 32.0 Å². The molecule has 0 bridgehead atoms. The highest BCUT2D eigenvalue weighted by Crippen LogP contribution is 2.27. The predicted molar refractivity (Wildman–Crippen MR) is 105 cm³/mol. The van der Waals surface area contributed by atoms with Gasteiger partial charge < -0.3 is 5.32 Å². The third kappa shape index (κ3) is 4.89. The Bertz CT molecular complexity index is 909. The molecule has 134 valence electrons. The number of aromatic nitrogens is 2. The number of aryl methyl sites for hydroxylation is 2. The van der Waals surface area contributed by atoms with Crippen LogP contribution in [-0.4, -0.2) is 21.7 Å². The molecule has 0 radical (unpaired) electrons. The van der Waals surface area contributed by atoms with E-state index >= 15 is 0 Å². The first kappa shape index (κ1) is 18.5. The number of carbonyl (C=O) groups excluding carboxylic acids is 1. The van der Waals surface area contributed by atoms with E-state index in [-0.39, 0.29) is 11.6 Å². The van der Waals surface area contributed by atoms with Crippen LogP contribution in [0.2, 0.25) is 0 Å². The Hall–Kier alpha value is -2.25. The fraction of sp³-hybridized carbons (Fsp3) is 0.211. The minimum absolute atomic E-state index is 0.0900. The molecular weight excluding hydrogens is 369 g/mol. The van der Waals surface area contributed by atoms with Crippen molar-refractivity contribution in [3.63, 3.8) is 0 Å². The van der Waals surface area contributed by atoms with Crippen molar-refractivity contribution in [3.8, 4) is 0 Å². The van der Waals surface area contributed by atoms with E-state index < -0.39 is 0 Å². The number of anilines is 1. The molecule has 4 nitrogen and oxygen atoms in total. The zero-order chi connectivity index (χ0) is 18.5. The molecule has 0 amide bonds. The van der Waals surface area contributed by atoms with Gasteiger partial charge in [0.05, 0.1) is 5.75 Å². The minimum Gasteiger partial charge on any atom is -0.356 e. The van der Waals surface area contributed by atoms with Gasteiger partial charge in [-0.15, -0.1) is 10.2 Å². The Morgan fingerprint density at radius 1 is 1.15 bits per heavy atom. The number of benzene rings is 2. The summed E-state index contributed by atoms with van der Waals surface area (Å²) in [7, 11) is 0. The number of ketones is 1. The summed E-state index contributed by atoms with van der Waals surface area (Å²) in [6.45, 7) is 4.47. The van der Waals surface area contributed by atoms with Crippen LogP contribution in [0.15, 0.2) is 46.8 Å². The lowest BCUT2D eigenvalue weighted by Crippen LogP contribution is -2.05. The van der Waals surface area contributed by atoms with E-state index in [4.69, 9.17) is 0 Å². The molecule has 1 N–H and O–H groups in total. The number of thioether (sulfide) groups is 1. The van der Waals surface area contributed by atoms with Gasteiger partial charge in [0, 0.05) is 12.1 Å². The van der Waals surface area contributed by atoms with E-state index in [2.05, 4.69) is 15.5 Å². The number of nitrogens with zero attached hydrogens (tertiary/aromatic N) is 2. The molecule has 0 unspecified atom stereocenters. The van der Waals surface area contributed by atoms with Gasteiger partial charge in [-0.3, -0.25) is 4.79 Å². The first-order chi connectivity index (χ1) is 12.5. The first-order valence-electron chi connectivity index (χ1n) is 8.06. The summed E-state index contributed by atoms with van der Waals surface area (Å²) in [5.74, 6) is 0.167. The molecule has 0 aliphatic carbocycles. The van der Waals surface area contributed by atoms with Crippen LogP contribution >= 0.6 is 23.1 Å². The number of halogens is 1. The SMILES string of the molecule is Cc1ccc(C)c(C(=O)CSc2nnc(NCc3ccc(F)cc3)s2)c1. The van der Waals surface area contributed by atoms with Gasteiger partial charge in [-0.25, -0.2) is 4.39 Å². The summed E-state index contributed by atoms with van der Waals surface area (Å²) >= 11 is 2.79. The molecule has 0 fully saturated rings. The lowest BCUT2D eigenvalue weighted by Gasteiger charge is -2.05. The summed E-state index contributed by atoms with van der Waals surface area (Å²) in [5, 5.41) is 12.0. The summed E-state index contributed by atoms with van der Waals surface area (Å²) < 4.78 is 13.6. The molecule has 1 aromatic heterocycles. The minimum atomic E-state index is -0.253. The number of nitrogens with one attached hydrogen (secondary N) is 1. The van der Waals surface area contributed by atoms with Crippen molar-refractivity contribution in [2.45, 2.75) is 24.7 Å². The molecule has 3 rings (SSSR count). The third-order valence-electron chi connectivity index (χ3n) is 3.78. The van der Waals surface area contributed by atoms with Crippen molar-refractivity contribution >= 4 is 34.0 Å².